The van der Waals surface area contributed by atoms with Crippen molar-refractivity contribution in [3.8, 4) is 0 Å². The summed E-state index contributed by atoms with van der Waals surface area (Å²) in [5.74, 6) is -0.617. The molecule has 7 heteroatoms. The van der Waals surface area contributed by atoms with Gasteiger partial charge in [-0.25, -0.2) is 4.98 Å². The van der Waals surface area contributed by atoms with E-state index >= 15 is 0 Å². The molecule has 1 aromatic heterocycles. The van der Waals surface area contributed by atoms with Crippen LogP contribution in [0, 0.1) is 0 Å². The smallest absolute Gasteiger partial charge is 0.345 e. The van der Waals surface area contributed by atoms with Gasteiger partial charge in [-0.05, 0) is 30.3 Å². The van der Waals surface area contributed by atoms with Crippen LogP contribution in [0.2, 0.25) is 0 Å². The standard InChI is InChI=1S/C15H10F3N3O/c16-15(17,18)10-3-1-2-4-11(10)21-14(22)9-5-6-12-13(7-9)20-8-19-12/h1-8H,(H,19,20)(H,21,22). The third-order valence-corrected chi connectivity index (χ3v) is 3.16. The van der Waals surface area contributed by atoms with E-state index in [2.05, 4.69) is 15.3 Å². The van der Waals surface area contributed by atoms with Gasteiger partial charge in [0.1, 0.15) is 0 Å². The fraction of sp³-hybridized carbons (Fsp3) is 0.0667. The van der Waals surface area contributed by atoms with Crippen LogP contribution >= 0.6 is 0 Å². The van der Waals surface area contributed by atoms with Crippen LogP contribution in [-0.4, -0.2) is 15.9 Å². The number of nitrogens with zero attached hydrogens (tertiary/aromatic N) is 1. The van der Waals surface area contributed by atoms with Crippen molar-refractivity contribution in [3.05, 3.63) is 59.9 Å². The molecule has 4 nitrogen and oxygen atoms in total. The number of aromatic amines is 1. The number of hydrogen-bond acceptors (Lipinski definition) is 2. The molecule has 0 bridgehead atoms. The van der Waals surface area contributed by atoms with Gasteiger partial charge in [0.05, 0.1) is 28.6 Å². The number of imidazole rings is 1. The molecule has 22 heavy (non-hydrogen) atoms. The number of nitrogens with one attached hydrogen (secondary N) is 2. The molecular formula is C15H10F3N3O. The zero-order valence-electron chi connectivity index (χ0n) is 11.1. The van der Waals surface area contributed by atoms with Crippen LogP contribution in [0.15, 0.2) is 48.8 Å². The van der Waals surface area contributed by atoms with Gasteiger partial charge < -0.3 is 10.3 Å². The van der Waals surface area contributed by atoms with E-state index in [1.54, 1.807) is 6.07 Å². The number of rotatable bonds is 2. The predicted octanol–water partition coefficient (Wildman–Crippen LogP) is 3.83. The second kappa shape index (κ2) is 5.18. The minimum Gasteiger partial charge on any atom is -0.345 e. The molecule has 0 fully saturated rings. The summed E-state index contributed by atoms with van der Waals surface area (Å²) < 4.78 is 38.7. The molecule has 0 saturated heterocycles. The van der Waals surface area contributed by atoms with Gasteiger partial charge in [-0.2, -0.15) is 13.2 Å². The highest BCUT2D eigenvalue weighted by Gasteiger charge is 2.33. The zero-order valence-corrected chi connectivity index (χ0v) is 11.1. The van der Waals surface area contributed by atoms with Gasteiger partial charge >= 0.3 is 6.18 Å². The molecule has 0 spiro atoms. The summed E-state index contributed by atoms with van der Waals surface area (Å²) in [6.07, 6.45) is -3.05. The first kappa shape index (κ1) is 14.1. The van der Waals surface area contributed by atoms with E-state index in [0.29, 0.717) is 11.0 Å². The van der Waals surface area contributed by atoms with Crippen LogP contribution in [-0.2, 0) is 6.18 Å². The number of carbonyl (C=O) groups is 1. The highest BCUT2D eigenvalue weighted by atomic mass is 19.4. The third-order valence-electron chi connectivity index (χ3n) is 3.16. The number of carbonyl (C=O) groups excluding carboxylic acids is 1. The molecule has 0 aliphatic carbocycles. The summed E-state index contributed by atoms with van der Waals surface area (Å²) in [5, 5.41) is 2.30. The highest BCUT2D eigenvalue weighted by molar-refractivity contribution is 6.06. The Balaban J connectivity index is 1.91. The number of para-hydroxylation sites is 1. The second-order valence-corrected chi connectivity index (χ2v) is 4.63. The van der Waals surface area contributed by atoms with Crippen molar-refractivity contribution in [2.24, 2.45) is 0 Å². The maximum Gasteiger partial charge on any atom is 0.418 e. The van der Waals surface area contributed by atoms with E-state index in [1.165, 1.54) is 36.7 Å². The Morgan fingerprint density at radius 3 is 2.68 bits per heavy atom. The van der Waals surface area contributed by atoms with Crippen molar-refractivity contribution in [3.63, 3.8) is 0 Å². The number of fused-ring (bicyclic) bond motifs is 1. The fourth-order valence-corrected chi connectivity index (χ4v) is 2.11. The largest absolute Gasteiger partial charge is 0.418 e. The number of anilines is 1. The average Bonchev–Trinajstić information content (AvgIpc) is 2.94. The van der Waals surface area contributed by atoms with E-state index in [1.807, 2.05) is 0 Å². The monoisotopic (exact) mass is 305 g/mol. The van der Waals surface area contributed by atoms with Gasteiger partial charge in [0, 0.05) is 5.56 Å². The first-order chi connectivity index (χ1) is 10.4. The number of hydrogen-bond donors (Lipinski definition) is 2. The minimum atomic E-state index is -4.53. The van der Waals surface area contributed by atoms with Gasteiger partial charge in [0.25, 0.3) is 5.91 Å². The molecule has 0 aliphatic heterocycles. The molecule has 0 radical (unpaired) electrons. The SMILES string of the molecule is O=C(Nc1ccccc1C(F)(F)F)c1ccc2nc[nH]c2c1. The molecule has 1 amide bonds. The second-order valence-electron chi connectivity index (χ2n) is 4.63. The number of amides is 1. The molecule has 0 atom stereocenters. The highest BCUT2D eigenvalue weighted by Crippen LogP contribution is 2.34. The first-order valence-electron chi connectivity index (χ1n) is 6.36. The lowest BCUT2D eigenvalue weighted by Gasteiger charge is -2.13. The van der Waals surface area contributed by atoms with Crippen LogP contribution in [0.4, 0.5) is 18.9 Å². The number of aromatic nitrogens is 2. The number of halogens is 3. The normalized spacial score (nSPS) is 11.6. The third kappa shape index (κ3) is 2.65. The van der Waals surface area contributed by atoms with Crippen LogP contribution in [0.5, 0.6) is 0 Å². The van der Waals surface area contributed by atoms with Gasteiger partial charge in [-0.1, -0.05) is 12.1 Å². The molecular weight excluding hydrogens is 295 g/mol. The number of H-pyrrole nitrogens is 1. The molecule has 3 rings (SSSR count). The van der Waals surface area contributed by atoms with E-state index in [4.69, 9.17) is 0 Å². The maximum absolute atomic E-state index is 12.9. The van der Waals surface area contributed by atoms with Crippen LogP contribution in [0.1, 0.15) is 15.9 Å². The van der Waals surface area contributed by atoms with E-state index in [0.717, 1.165) is 6.07 Å². The summed E-state index contributed by atoms with van der Waals surface area (Å²) in [6, 6.07) is 9.51. The van der Waals surface area contributed by atoms with Crippen molar-refractivity contribution in [1.82, 2.24) is 9.97 Å². The van der Waals surface area contributed by atoms with Gasteiger partial charge in [0.2, 0.25) is 0 Å². The summed E-state index contributed by atoms with van der Waals surface area (Å²) in [5.41, 5.74) is 0.397. The molecule has 3 aromatic rings. The fourth-order valence-electron chi connectivity index (χ4n) is 2.11. The zero-order chi connectivity index (χ0) is 15.7. The van der Waals surface area contributed by atoms with Gasteiger partial charge in [-0.15, -0.1) is 0 Å². The Morgan fingerprint density at radius 2 is 1.91 bits per heavy atom. The molecule has 1 heterocycles. The Labute approximate surface area is 123 Å². The molecule has 2 aromatic carbocycles. The quantitative estimate of drug-likeness (QED) is 0.756. The van der Waals surface area contributed by atoms with Crippen molar-refractivity contribution in [2.75, 3.05) is 5.32 Å². The topological polar surface area (TPSA) is 57.8 Å². The van der Waals surface area contributed by atoms with Crippen molar-refractivity contribution in [2.45, 2.75) is 6.18 Å². The first-order valence-corrected chi connectivity index (χ1v) is 6.36. The summed E-state index contributed by atoms with van der Waals surface area (Å²) >= 11 is 0. The lowest BCUT2D eigenvalue weighted by atomic mass is 10.1. The Morgan fingerprint density at radius 1 is 1.14 bits per heavy atom. The lowest BCUT2D eigenvalue weighted by molar-refractivity contribution is -0.136. The summed E-state index contributed by atoms with van der Waals surface area (Å²) in [7, 11) is 0. The van der Waals surface area contributed by atoms with Crippen LogP contribution in [0.3, 0.4) is 0 Å². The Hall–Kier alpha value is -2.83. The molecule has 0 unspecified atom stereocenters. The summed E-state index contributed by atoms with van der Waals surface area (Å²) in [4.78, 5) is 19.0. The van der Waals surface area contributed by atoms with E-state index < -0.39 is 17.6 Å². The number of alkyl halides is 3. The maximum atomic E-state index is 12.9. The predicted molar refractivity (Wildman–Crippen MR) is 75.5 cm³/mol. The average molecular weight is 305 g/mol. The Kier molecular flexibility index (Phi) is 3.32. The van der Waals surface area contributed by atoms with Crippen LogP contribution in [0.25, 0.3) is 11.0 Å². The minimum absolute atomic E-state index is 0.244. The molecule has 0 aliphatic rings. The van der Waals surface area contributed by atoms with E-state index in [9.17, 15) is 18.0 Å². The molecule has 0 saturated carbocycles. The lowest BCUT2D eigenvalue weighted by Crippen LogP contribution is -2.16. The van der Waals surface area contributed by atoms with Crippen molar-refractivity contribution < 1.29 is 18.0 Å². The molecule has 112 valence electrons. The van der Waals surface area contributed by atoms with Gasteiger partial charge in [-0.3, -0.25) is 4.79 Å². The Bertz CT molecular complexity index is 839. The number of benzene rings is 2. The van der Waals surface area contributed by atoms with Crippen molar-refractivity contribution >= 4 is 22.6 Å². The van der Waals surface area contributed by atoms with E-state index in [-0.39, 0.29) is 11.3 Å². The van der Waals surface area contributed by atoms with Gasteiger partial charge in [0.15, 0.2) is 0 Å². The van der Waals surface area contributed by atoms with Crippen molar-refractivity contribution in [1.29, 1.82) is 0 Å². The molecule has 2 N–H and O–H groups in total. The summed E-state index contributed by atoms with van der Waals surface area (Å²) in [6.45, 7) is 0. The van der Waals surface area contributed by atoms with Crippen LogP contribution < -0.4 is 5.32 Å².